The standard InChI is InChI=1S/C13H13Cl2N3O/c1-3-16-13-9(15)7-8(14)11(18-13)12-10(19-2)5-4-6-17-12/h4-7H,3H2,1-2H3,(H,16,18). The van der Waals surface area contributed by atoms with Crippen LogP contribution in [0.4, 0.5) is 5.82 Å². The van der Waals surface area contributed by atoms with Crippen molar-refractivity contribution in [2.75, 3.05) is 19.0 Å². The Bertz CT molecular complexity index is 590. The smallest absolute Gasteiger partial charge is 0.146 e. The second-order valence-corrected chi connectivity index (χ2v) is 4.55. The minimum absolute atomic E-state index is 0.434. The summed E-state index contributed by atoms with van der Waals surface area (Å²) < 4.78 is 5.27. The summed E-state index contributed by atoms with van der Waals surface area (Å²) in [6.07, 6.45) is 1.66. The molecule has 0 aromatic carbocycles. The number of ether oxygens (including phenoxy) is 1. The zero-order chi connectivity index (χ0) is 13.8. The van der Waals surface area contributed by atoms with E-state index in [2.05, 4.69) is 15.3 Å². The van der Waals surface area contributed by atoms with Gasteiger partial charge in [0.2, 0.25) is 0 Å². The summed E-state index contributed by atoms with van der Waals surface area (Å²) in [4.78, 5) is 8.69. The molecule has 4 nitrogen and oxygen atoms in total. The summed E-state index contributed by atoms with van der Waals surface area (Å²) in [6.45, 7) is 2.68. The maximum atomic E-state index is 6.19. The van der Waals surface area contributed by atoms with Gasteiger partial charge in [0.15, 0.2) is 0 Å². The van der Waals surface area contributed by atoms with Crippen LogP contribution in [0.5, 0.6) is 5.75 Å². The molecular formula is C13H13Cl2N3O. The lowest BCUT2D eigenvalue weighted by Gasteiger charge is -2.11. The number of hydrogen-bond donors (Lipinski definition) is 1. The van der Waals surface area contributed by atoms with Crippen molar-refractivity contribution in [3.05, 3.63) is 34.4 Å². The average Bonchev–Trinajstić information content (AvgIpc) is 2.42. The fourth-order valence-corrected chi connectivity index (χ4v) is 2.17. The largest absolute Gasteiger partial charge is 0.494 e. The van der Waals surface area contributed by atoms with Crippen LogP contribution in [-0.4, -0.2) is 23.6 Å². The van der Waals surface area contributed by atoms with E-state index >= 15 is 0 Å². The van der Waals surface area contributed by atoms with Gasteiger partial charge in [0.05, 0.1) is 17.2 Å². The third-order valence-electron chi connectivity index (χ3n) is 2.49. The Hall–Kier alpha value is -1.52. The normalized spacial score (nSPS) is 10.3. The molecule has 0 bridgehead atoms. The Balaban J connectivity index is 2.58. The Labute approximate surface area is 121 Å². The van der Waals surface area contributed by atoms with E-state index in [4.69, 9.17) is 27.9 Å². The third kappa shape index (κ3) is 2.91. The Kier molecular flexibility index (Phi) is 4.45. The average molecular weight is 298 g/mol. The second kappa shape index (κ2) is 6.08. The highest BCUT2D eigenvalue weighted by Gasteiger charge is 2.15. The third-order valence-corrected chi connectivity index (χ3v) is 3.06. The van der Waals surface area contributed by atoms with E-state index in [9.17, 15) is 0 Å². The monoisotopic (exact) mass is 297 g/mol. The number of halogens is 2. The van der Waals surface area contributed by atoms with E-state index in [1.54, 1.807) is 25.4 Å². The first-order valence-electron chi connectivity index (χ1n) is 5.76. The molecule has 2 aromatic heterocycles. The fourth-order valence-electron chi connectivity index (χ4n) is 1.66. The quantitative estimate of drug-likeness (QED) is 0.930. The zero-order valence-corrected chi connectivity index (χ0v) is 12.1. The summed E-state index contributed by atoms with van der Waals surface area (Å²) >= 11 is 12.3. The number of methoxy groups -OCH3 is 1. The summed E-state index contributed by atoms with van der Waals surface area (Å²) in [5.74, 6) is 1.19. The molecule has 0 amide bonds. The van der Waals surface area contributed by atoms with Crippen molar-refractivity contribution < 1.29 is 4.74 Å². The molecule has 100 valence electrons. The molecule has 0 saturated heterocycles. The Morgan fingerprint density at radius 1 is 1.26 bits per heavy atom. The minimum atomic E-state index is 0.434. The van der Waals surface area contributed by atoms with Crippen molar-refractivity contribution in [1.29, 1.82) is 0 Å². The molecule has 0 atom stereocenters. The van der Waals surface area contributed by atoms with Crippen LogP contribution in [0.1, 0.15) is 6.92 Å². The molecule has 6 heteroatoms. The Morgan fingerprint density at radius 2 is 2.05 bits per heavy atom. The van der Waals surface area contributed by atoms with E-state index in [0.717, 1.165) is 0 Å². The van der Waals surface area contributed by atoms with Gasteiger partial charge in [-0.05, 0) is 25.1 Å². The van der Waals surface area contributed by atoms with Gasteiger partial charge in [-0.1, -0.05) is 23.2 Å². The van der Waals surface area contributed by atoms with Gasteiger partial charge in [0, 0.05) is 12.7 Å². The number of anilines is 1. The molecule has 0 fully saturated rings. The van der Waals surface area contributed by atoms with Gasteiger partial charge < -0.3 is 10.1 Å². The van der Waals surface area contributed by atoms with Gasteiger partial charge in [-0.2, -0.15) is 0 Å². The van der Waals surface area contributed by atoms with Crippen LogP contribution in [0, 0.1) is 0 Å². The lowest BCUT2D eigenvalue weighted by molar-refractivity contribution is 0.414. The van der Waals surface area contributed by atoms with E-state index in [0.29, 0.717) is 39.5 Å². The van der Waals surface area contributed by atoms with Crippen molar-refractivity contribution >= 4 is 29.0 Å². The van der Waals surface area contributed by atoms with Crippen LogP contribution in [0.15, 0.2) is 24.4 Å². The number of nitrogens with zero attached hydrogens (tertiary/aromatic N) is 2. The topological polar surface area (TPSA) is 47.0 Å². The zero-order valence-electron chi connectivity index (χ0n) is 10.6. The van der Waals surface area contributed by atoms with Gasteiger partial charge in [-0.15, -0.1) is 0 Å². The van der Waals surface area contributed by atoms with Crippen molar-refractivity contribution in [3.63, 3.8) is 0 Å². The molecule has 19 heavy (non-hydrogen) atoms. The Morgan fingerprint density at radius 3 is 2.74 bits per heavy atom. The molecule has 0 aliphatic heterocycles. The van der Waals surface area contributed by atoms with Gasteiger partial charge in [-0.3, -0.25) is 4.98 Å². The van der Waals surface area contributed by atoms with E-state index in [1.807, 2.05) is 13.0 Å². The first-order valence-corrected chi connectivity index (χ1v) is 6.52. The van der Waals surface area contributed by atoms with Gasteiger partial charge in [0.25, 0.3) is 0 Å². The van der Waals surface area contributed by atoms with Crippen LogP contribution < -0.4 is 10.1 Å². The molecule has 0 aliphatic rings. The summed E-state index contributed by atoms with van der Waals surface area (Å²) in [7, 11) is 1.58. The number of nitrogens with one attached hydrogen (secondary N) is 1. The highest BCUT2D eigenvalue weighted by Crippen LogP contribution is 2.35. The molecule has 1 N–H and O–H groups in total. The van der Waals surface area contributed by atoms with Crippen molar-refractivity contribution in [3.8, 4) is 17.1 Å². The predicted octanol–water partition coefficient (Wildman–Crippen LogP) is 3.89. The molecule has 0 radical (unpaired) electrons. The number of aromatic nitrogens is 2. The molecule has 0 aliphatic carbocycles. The number of hydrogen-bond acceptors (Lipinski definition) is 4. The maximum Gasteiger partial charge on any atom is 0.146 e. The molecule has 0 spiro atoms. The van der Waals surface area contributed by atoms with Crippen LogP contribution in [0.3, 0.4) is 0 Å². The van der Waals surface area contributed by atoms with E-state index in [1.165, 1.54) is 0 Å². The van der Waals surface area contributed by atoms with Gasteiger partial charge in [0.1, 0.15) is 23.0 Å². The van der Waals surface area contributed by atoms with Crippen molar-refractivity contribution in [1.82, 2.24) is 9.97 Å². The molecule has 0 unspecified atom stereocenters. The van der Waals surface area contributed by atoms with E-state index < -0.39 is 0 Å². The fraction of sp³-hybridized carbons (Fsp3) is 0.231. The SMILES string of the molecule is CCNc1nc(-c2ncccc2OC)c(Cl)cc1Cl. The lowest BCUT2D eigenvalue weighted by atomic mass is 10.2. The van der Waals surface area contributed by atoms with Crippen molar-refractivity contribution in [2.45, 2.75) is 6.92 Å². The number of pyridine rings is 2. The van der Waals surface area contributed by atoms with Crippen LogP contribution >= 0.6 is 23.2 Å². The molecular weight excluding hydrogens is 285 g/mol. The van der Waals surface area contributed by atoms with Gasteiger partial charge >= 0.3 is 0 Å². The van der Waals surface area contributed by atoms with E-state index in [-0.39, 0.29) is 0 Å². The van der Waals surface area contributed by atoms with Crippen molar-refractivity contribution in [2.24, 2.45) is 0 Å². The summed E-state index contributed by atoms with van der Waals surface area (Å²) in [5, 5.41) is 3.99. The molecule has 2 rings (SSSR count). The molecule has 0 saturated carbocycles. The minimum Gasteiger partial charge on any atom is -0.494 e. The molecule has 2 aromatic rings. The van der Waals surface area contributed by atoms with Crippen LogP contribution in [0.25, 0.3) is 11.4 Å². The summed E-state index contributed by atoms with van der Waals surface area (Å²) in [5.41, 5.74) is 1.13. The number of rotatable bonds is 4. The summed E-state index contributed by atoms with van der Waals surface area (Å²) in [6, 6.07) is 5.25. The van der Waals surface area contributed by atoms with Crippen LogP contribution in [0.2, 0.25) is 10.0 Å². The predicted molar refractivity (Wildman–Crippen MR) is 78.2 cm³/mol. The lowest BCUT2D eigenvalue weighted by Crippen LogP contribution is -2.02. The first-order chi connectivity index (χ1) is 9.17. The highest BCUT2D eigenvalue weighted by molar-refractivity contribution is 6.37. The molecule has 2 heterocycles. The van der Waals surface area contributed by atoms with Crippen LogP contribution in [-0.2, 0) is 0 Å². The second-order valence-electron chi connectivity index (χ2n) is 3.73. The van der Waals surface area contributed by atoms with Gasteiger partial charge in [-0.25, -0.2) is 4.98 Å². The maximum absolute atomic E-state index is 6.19. The highest BCUT2D eigenvalue weighted by atomic mass is 35.5. The first kappa shape index (κ1) is 13.9.